The maximum atomic E-state index is 12.2. The summed E-state index contributed by atoms with van der Waals surface area (Å²) in [6.45, 7) is 0. The van der Waals surface area contributed by atoms with E-state index in [1.165, 1.54) is 0 Å². The predicted molar refractivity (Wildman–Crippen MR) is 104 cm³/mol. The Morgan fingerprint density at radius 1 is 1.07 bits per heavy atom. The highest BCUT2D eigenvalue weighted by Crippen LogP contribution is 2.30. The second-order valence-electron chi connectivity index (χ2n) is 6.24. The molecule has 0 spiro atoms. The molecule has 2 aromatic carbocycles. The summed E-state index contributed by atoms with van der Waals surface area (Å²) in [5.41, 5.74) is 8.05. The summed E-state index contributed by atoms with van der Waals surface area (Å²) < 4.78 is 7.45. The van der Waals surface area contributed by atoms with E-state index in [1.54, 1.807) is 42.1 Å². The molecule has 0 saturated carbocycles. The summed E-state index contributed by atoms with van der Waals surface area (Å²) in [4.78, 5) is 26.4. The fourth-order valence-electron chi connectivity index (χ4n) is 3.05. The number of ether oxygens (including phenoxy) is 1. The van der Waals surface area contributed by atoms with Crippen LogP contribution in [0.4, 0.5) is 0 Å². The molecule has 0 fully saturated rings. The van der Waals surface area contributed by atoms with Gasteiger partial charge in [0.25, 0.3) is 5.56 Å². The largest absolute Gasteiger partial charge is 0.457 e. The zero-order valence-corrected chi connectivity index (χ0v) is 14.6. The molecule has 0 bridgehead atoms. The topological polar surface area (TPSA) is 90.1 Å². The van der Waals surface area contributed by atoms with Crippen molar-refractivity contribution in [3.8, 4) is 22.6 Å². The minimum atomic E-state index is -0.478. The number of nitrogens with zero attached hydrogens (tertiary/aromatic N) is 1. The number of H-pyrrole nitrogens is 1. The first-order valence-electron chi connectivity index (χ1n) is 8.38. The van der Waals surface area contributed by atoms with Crippen LogP contribution in [0.25, 0.3) is 22.0 Å². The van der Waals surface area contributed by atoms with Gasteiger partial charge < -0.3 is 20.0 Å². The van der Waals surface area contributed by atoms with E-state index in [4.69, 9.17) is 10.5 Å². The summed E-state index contributed by atoms with van der Waals surface area (Å²) in [5.74, 6) is 0.773. The first-order valence-corrected chi connectivity index (χ1v) is 8.38. The standard InChI is InChI=1S/C21H17N3O3/c1-24-12-18(17-9-10-23-19(17)21(24)26)14-3-2-4-16(11-14)27-15-7-5-13(6-8-15)20(22)25/h2-12,23H,1H3,(H2,22,25). The van der Waals surface area contributed by atoms with Gasteiger partial charge in [-0.3, -0.25) is 9.59 Å². The molecule has 0 atom stereocenters. The number of nitrogens with two attached hydrogens (primary N) is 1. The van der Waals surface area contributed by atoms with E-state index in [1.807, 2.05) is 36.5 Å². The highest BCUT2D eigenvalue weighted by molar-refractivity contribution is 5.94. The summed E-state index contributed by atoms with van der Waals surface area (Å²) in [5, 5.41) is 0.862. The van der Waals surface area contributed by atoms with E-state index in [9.17, 15) is 9.59 Å². The minimum absolute atomic E-state index is 0.0688. The molecule has 0 unspecified atom stereocenters. The Morgan fingerprint density at radius 2 is 1.85 bits per heavy atom. The summed E-state index contributed by atoms with van der Waals surface area (Å²) >= 11 is 0. The molecular formula is C21H17N3O3. The van der Waals surface area contributed by atoms with Crippen LogP contribution in [-0.4, -0.2) is 15.5 Å². The van der Waals surface area contributed by atoms with E-state index in [-0.39, 0.29) is 5.56 Å². The molecule has 0 aliphatic rings. The number of benzene rings is 2. The lowest BCUT2D eigenvalue weighted by Gasteiger charge is -2.10. The number of pyridine rings is 1. The van der Waals surface area contributed by atoms with E-state index < -0.39 is 5.91 Å². The van der Waals surface area contributed by atoms with Crippen molar-refractivity contribution in [2.24, 2.45) is 12.8 Å². The number of hydrogen-bond donors (Lipinski definition) is 2. The van der Waals surface area contributed by atoms with Crippen LogP contribution in [0.3, 0.4) is 0 Å². The van der Waals surface area contributed by atoms with Gasteiger partial charge in [0.2, 0.25) is 5.91 Å². The molecular weight excluding hydrogens is 342 g/mol. The first-order chi connectivity index (χ1) is 13.0. The van der Waals surface area contributed by atoms with Gasteiger partial charge in [-0.15, -0.1) is 0 Å². The second-order valence-corrected chi connectivity index (χ2v) is 6.24. The first kappa shape index (κ1) is 16.7. The van der Waals surface area contributed by atoms with Gasteiger partial charge >= 0.3 is 0 Å². The molecule has 4 aromatic rings. The lowest BCUT2D eigenvalue weighted by atomic mass is 10.0. The average molecular weight is 359 g/mol. The maximum Gasteiger partial charge on any atom is 0.274 e. The zero-order valence-electron chi connectivity index (χ0n) is 14.6. The van der Waals surface area contributed by atoms with Gasteiger partial charge in [-0.25, -0.2) is 0 Å². The van der Waals surface area contributed by atoms with Crippen LogP contribution < -0.4 is 16.0 Å². The Hall–Kier alpha value is -3.80. The normalized spacial score (nSPS) is 10.9. The van der Waals surface area contributed by atoms with Gasteiger partial charge in [-0.2, -0.15) is 0 Å². The van der Waals surface area contributed by atoms with Gasteiger partial charge in [-0.05, 0) is 48.0 Å². The predicted octanol–water partition coefficient (Wildman–Crippen LogP) is 3.42. The summed E-state index contributed by atoms with van der Waals surface area (Å²) in [6.07, 6.45) is 3.58. The Bertz CT molecular complexity index is 1200. The van der Waals surface area contributed by atoms with Crippen LogP contribution in [0.5, 0.6) is 11.5 Å². The quantitative estimate of drug-likeness (QED) is 0.585. The molecule has 0 aliphatic heterocycles. The van der Waals surface area contributed by atoms with Crippen molar-refractivity contribution in [1.82, 2.24) is 9.55 Å². The number of carbonyl (C=O) groups excluding carboxylic acids is 1. The fourth-order valence-corrected chi connectivity index (χ4v) is 3.05. The van der Waals surface area contributed by atoms with Crippen molar-refractivity contribution in [1.29, 1.82) is 0 Å². The third-order valence-corrected chi connectivity index (χ3v) is 4.41. The van der Waals surface area contributed by atoms with Crippen molar-refractivity contribution in [3.05, 3.63) is 82.9 Å². The molecule has 27 heavy (non-hydrogen) atoms. The van der Waals surface area contributed by atoms with E-state index in [0.717, 1.165) is 16.5 Å². The number of amides is 1. The Morgan fingerprint density at radius 3 is 2.59 bits per heavy atom. The van der Waals surface area contributed by atoms with Crippen LogP contribution in [0.2, 0.25) is 0 Å². The Labute approximate surface area is 154 Å². The van der Waals surface area contributed by atoms with Crippen LogP contribution in [-0.2, 0) is 7.05 Å². The van der Waals surface area contributed by atoms with Gasteiger partial charge in [0, 0.05) is 36.0 Å². The number of rotatable bonds is 4. The second kappa shape index (κ2) is 6.49. The molecule has 6 nitrogen and oxygen atoms in total. The molecule has 2 aromatic heterocycles. The lowest BCUT2D eigenvalue weighted by molar-refractivity contribution is 0.100. The van der Waals surface area contributed by atoms with Gasteiger partial charge in [0.05, 0.1) is 0 Å². The van der Waals surface area contributed by atoms with E-state index >= 15 is 0 Å². The number of hydrogen-bond acceptors (Lipinski definition) is 3. The molecule has 6 heteroatoms. The van der Waals surface area contributed by atoms with E-state index in [2.05, 4.69) is 4.98 Å². The van der Waals surface area contributed by atoms with Crippen LogP contribution in [0.15, 0.2) is 71.8 Å². The Kier molecular flexibility index (Phi) is 4.01. The molecule has 4 rings (SSSR count). The van der Waals surface area contributed by atoms with Crippen molar-refractivity contribution >= 4 is 16.8 Å². The van der Waals surface area contributed by atoms with Crippen LogP contribution in [0.1, 0.15) is 10.4 Å². The SMILES string of the molecule is Cn1cc(-c2cccc(Oc3ccc(C(N)=O)cc3)c2)c2cc[nH]c2c1=O. The van der Waals surface area contributed by atoms with E-state index in [0.29, 0.717) is 22.6 Å². The molecule has 3 N–H and O–H groups in total. The lowest BCUT2D eigenvalue weighted by Crippen LogP contribution is -2.16. The Balaban J connectivity index is 1.71. The third kappa shape index (κ3) is 3.08. The van der Waals surface area contributed by atoms with Gasteiger partial charge in [0.1, 0.15) is 17.0 Å². The van der Waals surface area contributed by atoms with Crippen molar-refractivity contribution < 1.29 is 9.53 Å². The number of aromatic amines is 1. The number of primary amides is 1. The highest BCUT2D eigenvalue weighted by Gasteiger charge is 2.11. The third-order valence-electron chi connectivity index (χ3n) is 4.41. The molecule has 134 valence electrons. The number of aromatic nitrogens is 2. The van der Waals surface area contributed by atoms with Crippen molar-refractivity contribution in [2.45, 2.75) is 0 Å². The van der Waals surface area contributed by atoms with Crippen molar-refractivity contribution in [3.63, 3.8) is 0 Å². The number of nitrogens with one attached hydrogen (secondary N) is 1. The fraction of sp³-hybridized carbons (Fsp3) is 0.0476. The highest BCUT2D eigenvalue weighted by atomic mass is 16.5. The number of carbonyl (C=O) groups is 1. The molecule has 1 amide bonds. The molecule has 0 aliphatic carbocycles. The molecule has 0 radical (unpaired) electrons. The van der Waals surface area contributed by atoms with Crippen LogP contribution in [0, 0.1) is 0 Å². The smallest absolute Gasteiger partial charge is 0.274 e. The van der Waals surface area contributed by atoms with Crippen LogP contribution >= 0.6 is 0 Å². The number of fused-ring (bicyclic) bond motifs is 1. The van der Waals surface area contributed by atoms with Gasteiger partial charge in [0.15, 0.2) is 0 Å². The summed E-state index contributed by atoms with van der Waals surface area (Å²) in [6, 6.07) is 16.2. The van der Waals surface area contributed by atoms with Crippen molar-refractivity contribution in [2.75, 3.05) is 0 Å². The molecule has 0 saturated heterocycles. The van der Waals surface area contributed by atoms with Gasteiger partial charge in [-0.1, -0.05) is 12.1 Å². The minimum Gasteiger partial charge on any atom is -0.457 e. The average Bonchev–Trinajstić information content (AvgIpc) is 3.15. The zero-order chi connectivity index (χ0) is 19.0. The number of aryl methyl sites for hydroxylation is 1. The maximum absolute atomic E-state index is 12.2. The molecule has 2 heterocycles. The monoisotopic (exact) mass is 359 g/mol. The summed E-state index contributed by atoms with van der Waals surface area (Å²) in [7, 11) is 1.73.